The molecule has 2 aromatic carbocycles. The van der Waals surface area contributed by atoms with E-state index in [9.17, 15) is 0 Å². The van der Waals surface area contributed by atoms with Gasteiger partial charge in [-0.1, -0.05) is 42.5 Å². The second-order valence-electron chi connectivity index (χ2n) is 4.31. The lowest BCUT2D eigenvalue weighted by molar-refractivity contribution is 0.414. The maximum absolute atomic E-state index is 5.16. The van der Waals surface area contributed by atoms with E-state index in [2.05, 4.69) is 15.8 Å². The number of nitrogens with zero attached hydrogens (tertiary/aromatic N) is 1. The molecule has 2 rings (SSSR count). The van der Waals surface area contributed by atoms with Crippen LogP contribution in [0.5, 0.6) is 5.75 Å². The highest BCUT2D eigenvalue weighted by Crippen LogP contribution is 2.10. The Morgan fingerprint density at radius 1 is 1.14 bits per heavy atom. The monoisotopic (exact) mass is 299 g/mol. The van der Waals surface area contributed by atoms with Crippen LogP contribution in [-0.2, 0) is 6.54 Å². The van der Waals surface area contributed by atoms with Crippen molar-refractivity contribution >= 4 is 23.5 Å². The normalized spacial score (nSPS) is 10.3. The Kier molecular flexibility index (Phi) is 5.72. The molecule has 0 aliphatic carbocycles. The second kappa shape index (κ2) is 8.01. The molecule has 0 atom stereocenters. The summed E-state index contributed by atoms with van der Waals surface area (Å²) in [6.07, 6.45) is 1.72. The highest BCUT2D eigenvalue weighted by molar-refractivity contribution is 7.80. The number of hydrazone groups is 1. The standard InChI is InChI=1S/C16H17N3OS/c1-20-15-9-7-14(8-10-15)11-17-16(21)19-18-12-13-5-3-2-4-6-13/h2-10,12H,11H2,1H3,(H2,17,19,21)/b18-12-. The van der Waals surface area contributed by atoms with Gasteiger partial charge in [-0.25, -0.2) is 0 Å². The van der Waals surface area contributed by atoms with E-state index >= 15 is 0 Å². The summed E-state index contributed by atoms with van der Waals surface area (Å²) in [5.74, 6) is 0.840. The Morgan fingerprint density at radius 3 is 2.52 bits per heavy atom. The molecule has 0 radical (unpaired) electrons. The van der Waals surface area contributed by atoms with Crippen LogP contribution in [0.3, 0.4) is 0 Å². The highest BCUT2D eigenvalue weighted by Gasteiger charge is 1.96. The van der Waals surface area contributed by atoms with Gasteiger partial charge in [-0.05, 0) is 35.5 Å². The molecule has 0 unspecified atom stereocenters. The zero-order valence-corrected chi connectivity index (χ0v) is 12.6. The fraction of sp³-hybridized carbons (Fsp3) is 0.125. The zero-order valence-electron chi connectivity index (χ0n) is 11.7. The van der Waals surface area contributed by atoms with Gasteiger partial charge in [0.15, 0.2) is 5.11 Å². The topological polar surface area (TPSA) is 45.6 Å². The number of nitrogens with one attached hydrogen (secondary N) is 2. The predicted molar refractivity (Wildman–Crippen MR) is 89.6 cm³/mol. The van der Waals surface area contributed by atoms with E-state index in [0.717, 1.165) is 16.9 Å². The van der Waals surface area contributed by atoms with Gasteiger partial charge >= 0.3 is 0 Å². The van der Waals surface area contributed by atoms with Crippen LogP contribution in [-0.4, -0.2) is 18.4 Å². The van der Waals surface area contributed by atoms with Crippen LogP contribution in [0.4, 0.5) is 0 Å². The fourth-order valence-electron chi connectivity index (χ4n) is 1.67. The summed E-state index contributed by atoms with van der Waals surface area (Å²) < 4.78 is 5.11. The molecule has 2 N–H and O–H groups in total. The van der Waals surface area contributed by atoms with Gasteiger partial charge in [0.05, 0.1) is 13.3 Å². The van der Waals surface area contributed by atoms with Gasteiger partial charge in [0.25, 0.3) is 0 Å². The third kappa shape index (κ3) is 5.24. The lowest BCUT2D eigenvalue weighted by Crippen LogP contribution is -2.31. The summed E-state index contributed by atoms with van der Waals surface area (Å²) in [5.41, 5.74) is 4.92. The lowest BCUT2D eigenvalue weighted by Gasteiger charge is -2.07. The van der Waals surface area contributed by atoms with E-state index in [-0.39, 0.29) is 0 Å². The van der Waals surface area contributed by atoms with Gasteiger partial charge in [-0.3, -0.25) is 5.43 Å². The maximum atomic E-state index is 5.16. The molecule has 0 aliphatic rings. The van der Waals surface area contributed by atoms with E-state index in [1.807, 2.05) is 54.6 Å². The molecular formula is C16H17N3OS. The van der Waals surface area contributed by atoms with Crippen molar-refractivity contribution in [1.29, 1.82) is 0 Å². The molecule has 0 aromatic heterocycles. The molecule has 5 heteroatoms. The Labute approximate surface area is 129 Å². The average Bonchev–Trinajstić information content (AvgIpc) is 2.54. The minimum Gasteiger partial charge on any atom is -0.497 e. The lowest BCUT2D eigenvalue weighted by atomic mass is 10.2. The summed E-state index contributed by atoms with van der Waals surface area (Å²) in [7, 11) is 1.65. The molecular weight excluding hydrogens is 282 g/mol. The van der Waals surface area contributed by atoms with Crippen LogP contribution in [0.25, 0.3) is 0 Å². The van der Waals surface area contributed by atoms with Crippen molar-refractivity contribution in [3.8, 4) is 5.75 Å². The minimum absolute atomic E-state index is 0.484. The quantitative estimate of drug-likeness (QED) is 0.506. The number of hydrogen-bond acceptors (Lipinski definition) is 3. The summed E-state index contributed by atoms with van der Waals surface area (Å²) in [6.45, 7) is 0.636. The molecule has 0 fully saturated rings. The molecule has 0 spiro atoms. The van der Waals surface area contributed by atoms with Crippen molar-refractivity contribution in [2.75, 3.05) is 7.11 Å². The Bertz CT molecular complexity index is 597. The Morgan fingerprint density at radius 2 is 1.86 bits per heavy atom. The van der Waals surface area contributed by atoms with Crippen LogP contribution < -0.4 is 15.5 Å². The number of hydrogen-bond donors (Lipinski definition) is 2. The van der Waals surface area contributed by atoms with Crippen LogP contribution in [0.1, 0.15) is 11.1 Å². The number of rotatable bonds is 5. The molecule has 108 valence electrons. The van der Waals surface area contributed by atoms with Crippen molar-refractivity contribution in [3.05, 3.63) is 65.7 Å². The largest absolute Gasteiger partial charge is 0.497 e. The molecule has 2 aromatic rings. The zero-order chi connectivity index (χ0) is 14.9. The molecule has 0 saturated carbocycles. The predicted octanol–water partition coefficient (Wildman–Crippen LogP) is 2.69. The maximum Gasteiger partial charge on any atom is 0.187 e. The van der Waals surface area contributed by atoms with E-state index < -0.39 is 0 Å². The third-order valence-electron chi connectivity index (χ3n) is 2.79. The van der Waals surface area contributed by atoms with Gasteiger partial charge in [-0.15, -0.1) is 0 Å². The molecule has 0 aliphatic heterocycles. The Hall–Kier alpha value is -2.40. The first-order valence-corrected chi connectivity index (χ1v) is 6.93. The Balaban J connectivity index is 1.75. The van der Waals surface area contributed by atoms with Crippen LogP contribution >= 0.6 is 12.2 Å². The molecule has 0 bridgehead atoms. The van der Waals surface area contributed by atoms with E-state index in [0.29, 0.717) is 11.7 Å². The SMILES string of the molecule is COc1ccc(CNC(=S)N/N=C\c2ccccc2)cc1. The number of methoxy groups -OCH3 is 1. The second-order valence-corrected chi connectivity index (χ2v) is 4.72. The van der Waals surface area contributed by atoms with Crippen LogP contribution in [0, 0.1) is 0 Å². The summed E-state index contributed by atoms with van der Waals surface area (Å²) >= 11 is 5.16. The highest BCUT2D eigenvalue weighted by atomic mass is 32.1. The van der Waals surface area contributed by atoms with E-state index in [1.165, 1.54) is 0 Å². The average molecular weight is 299 g/mol. The van der Waals surface area contributed by atoms with Crippen molar-refractivity contribution in [3.63, 3.8) is 0 Å². The van der Waals surface area contributed by atoms with Crippen LogP contribution in [0.2, 0.25) is 0 Å². The van der Waals surface area contributed by atoms with Crippen molar-refractivity contribution < 1.29 is 4.74 Å². The molecule has 0 heterocycles. The van der Waals surface area contributed by atoms with Gasteiger partial charge < -0.3 is 10.1 Å². The van der Waals surface area contributed by atoms with Crippen LogP contribution in [0.15, 0.2) is 59.7 Å². The fourth-order valence-corrected chi connectivity index (χ4v) is 1.79. The molecule has 0 amide bonds. The number of thiocarbonyl (C=S) groups is 1. The van der Waals surface area contributed by atoms with Crippen molar-refractivity contribution in [1.82, 2.24) is 10.7 Å². The van der Waals surface area contributed by atoms with Gasteiger partial charge in [0.2, 0.25) is 0 Å². The molecule has 21 heavy (non-hydrogen) atoms. The number of ether oxygens (including phenoxy) is 1. The first kappa shape index (κ1) is 15.0. The van der Waals surface area contributed by atoms with Gasteiger partial charge in [-0.2, -0.15) is 5.10 Å². The van der Waals surface area contributed by atoms with E-state index in [1.54, 1.807) is 13.3 Å². The first-order valence-electron chi connectivity index (χ1n) is 6.53. The summed E-state index contributed by atoms with van der Waals surface area (Å²) in [4.78, 5) is 0. The summed E-state index contributed by atoms with van der Waals surface area (Å²) in [5, 5.41) is 7.66. The van der Waals surface area contributed by atoms with Gasteiger partial charge in [0, 0.05) is 6.54 Å². The van der Waals surface area contributed by atoms with Crippen molar-refractivity contribution in [2.45, 2.75) is 6.54 Å². The molecule has 0 saturated heterocycles. The summed E-state index contributed by atoms with van der Waals surface area (Å²) in [6, 6.07) is 17.6. The number of benzene rings is 2. The first-order chi connectivity index (χ1) is 10.3. The molecule has 4 nitrogen and oxygen atoms in total. The van der Waals surface area contributed by atoms with Crippen molar-refractivity contribution in [2.24, 2.45) is 5.10 Å². The minimum atomic E-state index is 0.484. The van der Waals surface area contributed by atoms with E-state index in [4.69, 9.17) is 17.0 Å². The van der Waals surface area contributed by atoms with Gasteiger partial charge in [0.1, 0.15) is 5.75 Å². The third-order valence-corrected chi connectivity index (χ3v) is 3.03. The smallest absolute Gasteiger partial charge is 0.187 e.